The van der Waals surface area contributed by atoms with Crippen molar-refractivity contribution in [2.45, 2.75) is 38.6 Å². The summed E-state index contributed by atoms with van der Waals surface area (Å²) in [6.07, 6.45) is 0.214. The van der Waals surface area contributed by atoms with Gasteiger partial charge in [0.15, 0.2) is 0 Å². The Kier molecular flexibility index (Phi) is 6.36. The molecule has 1 rings (SSSR count). The second-order valence-electron chi connectivity index (χ2n) is 5.26. The molecule has 0 radical (unpaired) electrons. The maximum Gasteiger partial charge on any atom is 0.307 e. The third-order valence-electron chi connectivity index (χ3n) is 2.82. The van der Waals surface area contributed by atoms with Crippen molar-refractivity contribution in [1.82, 2.24) is 0 Å². The zero-order valence-corrected chi connectivity index (χ0v) is 12.2. The van der Waals surface area contributed by atoms with Gasteiger partial charge in [-0.1, -0.05) is 45.0 Å². The summed E-state index contributed by atoms with van der Waals surface area (Å²) in [6.45, 7) is 6.49. The lowest BCUT2D eigenvalue weighted by Crippen LogP contribution is -2.17. The van der Waals surface area contributed by atoms with Crippen LogP contribution in [0.3, 0.4) is 0 Å². The van der Waals surface area contributed by atoms with E-state index in [1.807, 2.05) is 12.1 Å². The van der Waals surface area contributed by atoms with Crippen LogP contribution in [0.4, 0.5) is 0 Å². The second kappa shape index (κ2) is 6.76. The molecule has 0 fully saturated rings. The number of carbonyl (C=O) groups is 1. The number of halogens is 1. The van der Waals surface area contributed by atoms with Gasteiger partial charge in [-0.15, -0.1) is 12.4 Å². The number of ether oxygens (including phenoxy) is 1. The number of nitrogens with two attached hydrogens (primary N) is 1. The monoisotopic (exact) mass is 271 g/mol. The summed E-state index contributed by atoms with van der Waals surface area (Å²) >= 11 is 0. The molecule has 0 aliphatic carbocycles. The number of carbonyl (C=O) groups excluding carboxylic acids is 1. The van der Waals surface area contributed by atoms with Gasteiger partial charge in [0.1, 0.15) is 0 Å². The quantitative estimate of drug-likeness (QED) is 0.860. The van der Waals surface area contributed by atoms with E-state index in [-0.39, 0.29) is 36.3 Å². The lowest BCUT2D eigenvalue weighted by Gasteiger charge is -2.20. The van der Waals surface area contributed by atoms with E-state index in [0.29, 0.717) is 0 Å². The lowest BCUT2D eigenvalue weighted by atomic mass is 9.86. The molecule has 18 heavy (non-hydrogen) atoms. The average molecular weight is 272 g/mol. The largest absolute Gasteiger partial charge is 0.469 e. The minimum absolute atomic E-state index is 0. The summed E-state index contributed by atoms with van der Waals surface area (Å²) < 4.78 is 4.60. The first-order valence-electron chi connectivity index (χ1n) is 5.77. The highest BCUT2D eigenvalue weighted by Crippen LogP contribution is 2.24. The van der Waals surface area contributed by atoms with Gasteiger partial charge in [-0.05, 0) is 16.5 Å². The highest BCUT2D eigenvalue weighted by molar-refractivity contribution is 5.85. The third kappa shape index (κ3) is 4.67. The van der Waals surface area contributed by atoms with Gasteiger partial charge in [-0.25, -0.2) is 0 Å². The van der Waals surface area contributed by atoms with Crippen molar-refractivity contribution in [3.05, 3.63) is 35.4 Å². The summed E-state index contributed by atoms with van der Waals surface area (Å²) in [5, 5.41) is 0. The van der Waals surface area contributed by atoms with Crippen LogP contribution in [0.5, 0.6) is 0 Å². The number of benzene rings is 1. The van der Waals surface area contributed by atoms with E-state index in [2.05, 4.69) is 37.6 Å². The Labute approximate surface area is 115 Å². The Morgan fingerprint density at radius 1 is 1.28 bits per heavy atom. The van der Waals surface area contributed by atoms with Crippen molar-refractivity contribution in [2.75, 3.05) is 7.11 Å². The maximum absolute atomic E-state index is 11.1. The van der Waals surface area contributed by atoms with Gasteiger partial charge >= 0.3 is 5.97 Å². The molecule has 0 aliphatic rings. The Balaban J connectivity index is 0.00000289. The van der Waals surface area contributed by atoms with Crippen molar-refractivity contribution in [3.63, 3.8) is 0 Å². The van der Waals surface area contributed by atoms with Crippen LogP contribution in [0.15, 0.2) is 24.3 Å². The summed E-state index contributed by atoms with van der Waals surface area (Å²) in [5.74, 6) is -0.280. The fraction of sp³-hybridized carbons (Fsp3) is 0.500. The van der Waals surface area contributed by atoms with E-state index in [1.54, 1.807) is 0 Å². The van der Waals surface area contributed by atoms with Gasteiger partial charge in [-0.3, -0.25) is 4.79 Å². The molecule has 0 saturated heterocycles. The van der Waals surface area contributed by atoms with E-state index in [1.165, 1.54) is 12.7 Å². The zero-order chi connectivity index (χ0) is 13.1. The van der Waals surface area contributed by atoms with E-state index < -0.39 is 0 Å². The molecule has 4 heteroatoms. The number of esters is 1. The normalized spacial score (nSPS) is 12.5. The van der Waals surface area contributed by atoms with Gasteiger partial charge in [-0.2, -0.15) is 0 Å². The first kappa shape index (κ1) is 16.9. The first-order chi connectivity index (χ1) is 7.84. The topological polar surface area (TPSA) is 52.3 Å². The van der Waals surface area contributed by atoms with Gasteiger partial charge in [0.05, 0.1) is 13.5 Å². The van der Waals surface area contributed by atoms with Crippen LogP contribution in [0.25, 0.3) is 0 Å². The number of hydrogen-bond acceptors (Lipinski definition) is 3. The smallest absolute Gasteiger partial charge is 0.307 e. The fourth-order valence-corrected chi connectivity index (χ4v) is 1.61. The van der Waals surface area contributed by atoms with Crippen molar-refractivity contribution in [3.8, 4) is 0 Å². The first-order valence-corrected chi connectivity index (χ1v) is 5.77. The Morgan fingerprint density at radius 2 is 1.78 bits per heavy atom. The lowest BCUT2D eigenvalue weighted by molar-refractivity contribution is -0.141. The van der Waals surface area contributed by atoms with Crippen LogP contribution in [0.2, 0.25) is 0 Å². The molecule has 1 atom stereocenters. The summed E-state index contributed by atoms with van der Waals surface area (Å²) in [5.41, 5.74) is 8.28. The van der Waals surface area contributed by atoms with Crippen LogP contribution >= 0.6 is 12.4 Å². The van der Waals surface area contributed by atoms with E-state index in [4.69, 9.17) is 5.73 Å². The Bertz CT molecular complexity index is 382. The molecule has 2 N–H and O–H groups in total. The summed E-state index contributed by atoms with van der Waals surface area (Å²) in [6, 6.07) is 7.79. The van der Waals surface area contributed by atoms with Gasteiger partial charge in [0.25, 0.3) is 0 Å². The number of hydrogen-bond donors (Lipinski definition) is 1. The molecule has 0 heterocycles. The van der Waals surface area contributed by atoms with Gasteiger partial charge in [0.2, 0.25) is 0 Å². The summed E-state index contributed by atoms with van der Waals surface area (Å²) in [4.78, 5) is 11.1. The third-order valence-corrected chi connectivity index (χ3v) is 2.82. The Hall–Kier alpha value is -1.06. The van der Waals surface area contributed by atoms with Crippen LogP contribution in [0.1, 0.15) is 44.4 Å². The highest BCUT2D eigenvalue weighted by atomic mass is 35.5. The van der Waals surface area contributed by atoms with Crippen molar-refractivity contribution >= 4 is 18.4 Å². The molecular weight excluding hydrogens is 250 g/mol. The Morgan fingerprint density at radius 3 is 2.17 bits per heavy atom. The number of methoxy groups -OCH3 is 1. The zero-order valence-electron chi connectivity index (χ0n) is 11.4. The molecule has 3 nitrogen and oxygen atoms in total. The minimum atomic E-state index is -0.295. The predicted octanol–water partition coefficient (Wildman–Crippen LogP) is 2.97. The molecule has 0 spiro atoms. The van der Waals surface area contributed by atoms with Crippen LogP contribution in [0, 0.1) is 0 Å². The molecule has 0 unspecified atom stereocenters. The molecule has 102 valence electrons. The van der Waals surface area contributed by atoms with E-state index >= 15 is 0 Å². The highest BCUT2D eigenvalue weighted by Gasteiger charge is 2.15. The van der Waals surface area contributed by atoms with Crippen molar-refractivity contribution in [2.24, 2.45) is 5.73 Å². The maximum atomic E-state index is 11.1. The average Bonchev–Trinajstić information content (AvgIpc) is 2.27. The molecule has 1 aromatic carbocycles. The van der Waals surface area contributed by atoms with Crippen LogP contribution in [-0.2, 0) is 14.9 Å². The SMILES string of the molecule is COC(=O)C[C@@H](N)c1ccc(C(C)(C)C)cc1.Cl. The molecular formula is C14H22ClNO2. The van der Waals surface area contributed by atoms with E-state index in [0.717, 1.165) is 5.56 Å². The minimum Gasteiger partial charge on any atom is -0.469 e. The number of rotatable bonds is 3. The molecule has 0 bridgehead atoms. The van der Waals surface area contributed by atoms with Crippen LogP contribution < -0.4 is 5.73 Å². The van der Waals surface area contributed by atoms with Crippen LogP contribution in [-0.4, -0.2) is 13.1 Å². The predicted molar refractivity (Wildman–Crippen MR) is 76.0 cm³/mol. The van der Waals surface area contributed by atoms with Gasteiger partial charge < -0.3 is 10.5 Å². The molecule has 0 amide bonds. The fourth-order valence-electron chi connectivity index (χ4n) is 1.61. The standard InChI is InChI=1S/C14H21NO2.ClH/c1-14(2,3)11-7-5-10(6-8-11)12(15)9-13(16)17-4;/h5-8,12H,9,15H2,1-4H3;1H/t12-;/m1./s1. The molecule has 0 aliphatic heterocycles. The molecule has 1 aromatic rings. The van der Waals surface area contributed by atoms with Crippen molar-refractivity contribution in [1.29, 1.82) is 0 Å². The summed E-state index contributed by atoms with van der Waals surface area (Å²) in [7, 11) is 1.37. The molecule has 0 saturated carbocycles. The van der Waals surface area contributed by atoms with Crippen molar-refractivity contribution < 1.29 is 9.53 Å². The molecule has 0 aromatic heterocycles. The van der Waals surface area contributed by atoms with E-state index in [9.17, 15) is 4.79 Å². The second-order valence-corrected chi connectivity index (χ2v) is 5.26. The van der Waals surface area contributed by atoms with Gasteiger partial charge in [0, 0.05) is 6.04 Å².